The zero-order valence-corrected chi connectivity index (χ0v) is 24.8. The van der Waals surface area contributed by atoms with Gasteiger partial charge >= 0.3 is 0 Å². The van der Waals surface area contributed by atoms with Gasteiger partial charge in [0.25, 0.3) is 0 Å². The largest absolute Gasteiger partial charge is 0.394 e. The zero-order chi connectivity index (χ0) is 32.3. The predicted octanol–water partition coefficient (Wildman–Crippen LogP) is -6.22. The standard InChI is InChI=1S/C27H52N6O11/c28-4-3-12(35)8-33-9-13-1-2-14(29)25(41-13)44-24-15(30)5-11(6-18(36)27(40)7-17(27)31)23(22(24)39)43-26-21(38)19(32)20(37)16(10-34)42-26/h11-17,19-26,33-35,37-40H,1-10,28-32H2/t11-,12?,13-,14+,15-,16+,17?,19-,20+,21+,22+,23-,24?,25+,26+,27?/m0/s1. The van der Waals surface area contributed by atoms with E-state index in [9.17, 15) is 35.4 Å². The smallest absolute Gasteiger partial charge is 0.186 e. The average Bonchev–Trinajstić information content (AvgIpc) is 3.61. The highest BCUT2D eigenvalue weighted by molar-refractivity contribution is 5.91. The van der Waals surface area contributed by atoms with Gasteiger partial charge in [-0.3, -0.25) is 4.79 Å². The van der Waals surface area contributed by atoms with E-state index in [1.165, 1.54) is 0 Å². The maximum Gasteiger partial charge on any atom is 0.186 e. The van der Waals surface area contributed by atoms with Crippen molar-refractivity contribution in [3.63, 3.8) is 0 Å². The second kappa shape index (κ2) is 15.3. The predicted molar refractivity (Wildman–Crippen MR) is 153 cm³/mol. The van der Waals surface area contributed by atoms with Crippen LogP contribution in [0.5, 0.6) is 0 Å². The van der Waals surface area contributed by atoms with Crippen LogP contribution in [0.1, 0.15) is 38.5 Å². The number of carbonyl (C=O) groups excluding carboxylic acids is 1. The van der Waals surface area contributed by atoms with Crippen LogP contribution >= 0.6 is 0 Å². The van der Waals surface area contributed by atoms with Crippen molar-refractivity contribution in [1.29, 1.82) is 0 Å². The number of rotatable bonds is 14. The molecule has 0 aromatic carbocycles. The summed E-state index contributed by atoms with van der Waals surface area (Å²) in [5, 5.41) is 65.8. The third kappa shape index (κ3) is 8.11. The topological polar surface area (TPSA) is 318 Å². The van der Waals surface area contributed by atoms with Gasteiger partial charge in [0.05, 0.1) is 37.0 Å². The van der Waals surface area contributed by atoms with Gasteiger partial charge < -0.3 is 83.6 Å². The van der Waals surface area contributed by atoms with Gasteiger partial charge in [0, 0.05) is 38.0 Å². The molecule has 2 heterocycles. The normalized spacial score (nSPS) is 46.9. The highest BCUT2D eigenvalue weighted by Crippen LogP contribution is 2.41. The summed E-state index contributed by atoms with van der Waals surface area (Å²) in [6.07, 6.45) is -9.55. The van der Waals surface area contributed by atoms with E-state index >= 15 is 0 Å². The molecule has 0 amide bonds. The molecule has 17 nitrogen and oxygen atoms in total. The Morgan fingerprint density at radius 1 is 0.977 bits per heavy atom. The third-order valence-corrected chi connectivity index (χ3v) is 9.32. The summed E-state index contributed by atoms with van der Waals surface area (Å²) >= 11 is 0. The summed E-state index contributed by atoms with van der Waals surface area (Å²) in [5.41, 5.74) is 28.3. The van der Waals surface area contributed by atoms with Crippen LogP contribution in [-0.2, 0) is 23.7 Å². The van der Waals surface area contributed by atoms with Crippen molar-refractivity contribution in [3.8, 4) is 0 Å². The van der Waals surface area contributed by atoms with Crippen LogP contribution in [0.2, 0.25) is 0 Å². The summed E-state index contributed by atoms with van der Waals surface area (Å²) < 4.78 is 23.9. The lowest BCUT2D eigenvalue weighted by Crippen LogP contribution is -2.66. The molecule has 16 atom stereocenters. The van der Waals surface area contributed by atoms with Crippen molar-refractivity contribution in [1.82, 2.24) is 5.32 Å². The Bertz CT molecular complexity index is 941. The summed E-state index contributed by atoms with van der Waals surface area (Å²) in [4.78, 5) is 13.0. The Balaban J connectivity index is 1.47. The van der Waals surface area contributed by atoms with Crippen molar-refractivity contribution in [2.75, 3.05) is 26.2 Å². The summed E-state index contributed by atoms with van der Waals surface area (Å²) in [7, 11) is 0. The summed E-state index contributed by atoms with van der Waals surface area (Å²) in [6, 6.07) is -3.28. The van der Waals surface area contributed by atoms with Crippen molar-refractivity contribution in [2.24, 2.45) is 34.6 Å². The lowest BCUT2D eigenvalue weighted by atomic mass is 9.76. The molecule has 0 aromatic heterocycles. The number of hydrogen-bond acceptors (Lipinski definition) is 17. The highest BCUT2D eigenvalue weighted by Gasteiger charge is 2.58. The molecule has 2 aliphatic carbocycles. The second-order valence-electron chi connectivity index (χ2n) is 12.8. The number of aliphatic hydroxyl groups is 6. The lowest BCUT2D eigenvalue weighted by molar-refractivity contribution is -0.318. The summed E-state index contributed by atoms with van der Waals surface area (Å²) in [5.74, 6) is -1.29. The molecule has 0 aromatic rings. The van der Waals surface area contributed by atoms with Gasteiger partial charge in [-0.25, -0.2) is 0 Å². The number of carbonyl (C=O) groups is 1. The number of ether oxygens (including phenoxy) is 4. The van der Waals surface area contributed by atoms with Crippen LogP contribution in [0.3, 0.4) is 0 Å². The Kier molecular flexibility index (Phi) is 12.5. The summed E-state index contributed by atoms with van der Waals surface area (Å²) in [6.45, 7) is 0.516. The first kappa shape index (κ1) is 35.9. The van der Waals surface area contributed by atoms with Crippen LogP contribution in [0.25, 0.3) is 0 Å². The van der Waals surface area contributed by atoms with Crippen LogP contribution in [0, 0.1) is 5.92 Å². The Morgan fingerprint density at radius 3 is 2.30 bits per heavy atom. The fourth-order valence-corrected chi connectivity index (χ4v) is 6.32. The fraction of sp³-hybridized carbons (Fsp3) is 0.963. The van der Waals surface area contributed by atoms with Crippen molar-refractivity contribution in [3.05, 3.63) is 0 Å². The van der Waals surface area contributed by atoms with Gasteiger partial charge in [-0.15, -0.1) is 0 Å². The van der Waals surface area contributed by atoms with Gasteiger partial charge in [-0.2, -0.15) is 0 Å². The lowest BCUT2D eigenvalue weighted by Gasteiger charge is -2.48. The van der Waals surface area contributed by atoms with Crippen LogP contribution < -0.4 is 34.0 Å². The van der Waals surface area contributed by atoms with E-state index in [4.69, 9.17) is 47.6 Å². The molecule has 0 radical (unpaired) electrons. The van der Waals surface area contributed by atoms with Crippen LogP contribution in [0.15, 0.2) is 0 Å². The molecule has 17 heteroatoms. The molecule has 17 N–H and O–H groups in total. The van der Waals surface area contributed by atoms with Crippen molar-refractivity contribution < 1.29 is 54.4 Å². The minimum Gasteiger partial charge on any atom is -0.394 e. The molecule has 256 valence electrons. The molecule has 4 aliphatic rings. The molecule has 4 unspecified atom stereocenters. The van der Waals surface area contributed by atoms with E-state index in [-0.39, 0.29) is 25.4 Å². The van der Waals surface area contributed by atoms with Crippen molar-refractivity contribution >= 4 is 5.78 Å². The van der Waals surface area contributed by atoms with Gasteiger partial charge in [0.1, 0.15) is 36.1 Å². The number of ketones is 1. The molecule has 2 aliphatic heterocycles. The molecular weight excluding hydrogens is 584 g/mol. The maximum absolute atomic E-state index is 13.0. The van der Waals surface area contributed by atoms with E-state index in [0.29, 0.717) is 38.9 Å². The first-order valence-corrected chi connectivity index (χ1v) is 15.4. The number of aliphatic hydroxyl groups excluding tert-OH is 5. The second-order valence-corrected chi connectivity index (χ2v) is 12.8. The molecule has 2 saturated heterocycles. The van der Waals surface area contributed by atoms with E-state index in [1.807, 2.05) is 0 Å². The zero-order valence-electron chi connectivity index (χ0n) is 24.8. The van der Waals surface area contributed by atoms with E-state index in [1.54, 1.807) is 0 Å². The first-order chi connectivity index (χ1) is 20.8. The highest BCUT2D eigenvalue weighted by atomic mass is 16.7. The molecule has 0 bridgehead atoms. The van der Waals surface area contributed by atoms with Gasteiger partial charge in [-0.1, -0.05) is 0 Å². The SMILES string of the molecule is NCCC(O)CNC[C@@H]1CC[C@@H](N)[C@@H](OC2[C@@H](N)C[C@@H](CC(=O)C3(O)CC3N)[C@H](O[C@H]3O[C@H](CO)[C@@H](O)[C@H](N)[C@H]3O)[C@H]2O)O1. The number of Topliss-reactive ketones (excluding diaryl/α,β-unsaturated/α-hetero) is 1. The average molecular weight is 637 g/mol. The van der Waals surface area contributed by atoms with E-state index < -0.39 is 103 Å². The molecule has 2 saturated carbocycles. The molecule has 44 heavy (non-hydrogen) atoms. The van der Waals surface area contributed by atoms with Gasteiger partial charge in [0.2, 0.25) is 0 Å². The monoisotopic (exact) mass is 636 g/mol. The minimum absolute atomic E-state index is 0.107. The van der Waals surface area contributed by atoms with Crippen LogP contribution in [-0.4, -0.2) is 154 Å². The Hall–Kier alpha value is -0.970. The van der Waals surface area contributed by atoms with Gasteiger partial charge in [0.15, 0.2) is 18.4 Å². The first-order valence-electron chi connectivity index (χ1n) is 15.4. The number of hydrogen-bond donors (Lipinski definition) is 12. The Morgan fingerprint density at radius 2 is 1.66 bits per heavy atom. The maximum atomic E-state index is 13.0. The Labute approximate surface area is 256 Å². The van der Waals surface area contributed by atoms with Gasteiger partial charge in [-0.05, 0) is 38.1 Å². The van der Waals surface area contributed by atoms with E-state index in [2.05, 4.69) is 5.32 Å². The fourth-order valence-electron chi connectivity index (χ4n) is 6.32. The quantitative estimate of drug-likeness (QED) is 0.0843. The molecule has 4 fully saturated rings. The molecule has 4 rings (SSSR count). The number of nitrogens with one attached hydrogen (secondary N) is 1. The third-order valence-electron chi connectivity index (χ3n) is 9.32. The van der Waals surface area contributed by atoms with E-state index in [0.717, 1.165) is 0 Å². The van der Waals surface area contributed by atoms with Crippen LogP contribution in [0.4, 0.5) is 0 Å². The molecular formula is C27H52N6O11. The molecule has 0 spiro atoms. The van der Waals surface area contributed by atoms with Crippen molar-refractivity contribution in [2.45, 2.75) is 130 Å². The number of nitrogens with two attached hydrogens (primary N) is 5. The minimum atomic E-state index is -1.67.